The molecule has 0 saturated carbocycles. The van der Waals surface area contributed by atoms with E-state index in [2.05, 4.69) is 30.6 Å². The summed E-state index contributed by atoms with van der Waals surface area (Å²) in [6.45, 7) is 8.06. The summed E-state index contributed by atoms with van der Waals surface area (Å²) in [4.78, 5) is 56.0. The molecule has 0 saturated heterocycles. The zero-order valence-corrected chi connectivity index (χ0v) is 50.6. The molecule has 30 heteroatoms. The molecule has 4 heterocycles. The highest BCUT2D eigenvalue weighted by molar-refractivity contribution is 8.03. The van der Waals surface area contributed by atoms with Crippen LogP contribution in [0.3, 0.4) is 0 Å². The van der Waals surface area contributed by atoms with Crippen LogP contribution in [-0.2, 0) is 62.6 Å². The average molecular weight is 1270 g/mol. The molecule has 25 nitrogen and oxygen atoms in total. The van der Waals surface area contributed by atoms with Crippen molar-refractivity contribution in [1.29, 1.82) is 0 Å². The number of anilines is 3. The SMILES string of the molecule is CC1(C)C(/C=C/C2=C(SC[C@H](NC(=O)c3ccc(NCc4cnc5nc(N)[nH]c(=O)c5n4)cc3)C(=O)O)C(=C/C=C3/N(CCCCS(=O)(=O)O)c4ccc(S(=O)(=O)O)cc4C3(C)C)/CCC2)=[N+](CCCCS(=O)(=O)O)c2ccc(S(=O)(=O)O)cc21. The van der Waals surface area contributed by atoms with Gasteiger partial charge in [0, 0.05) is 69.4 Å². The molecule has 10 N–H and O–H groups in total. The third-order valence-corrected chi connectivity index (χ3v) is 19.5. The highest BCUT2D eigenvalue weighted by Crippen LogP contribution is 2.49. The van der Waals surface area contributed by atoms with Gasteiger partial charge in [-0.3, -0.25) is 32.8 Å². The number of fused-ring (bicyclic) bond motifs is 3. The monoisotopic (exact) mass is 1270 g/mol. The maximum Gasteiger partial charge on any atom is 0.327 e. The summed E-state index contributed by atoms with van der Waals surface area (Å²) in [6, 6.07) is 13.2. The van der Waals surface area contributed by atoms with E-state index in [1.165, 1.54) is 54.4 Å². The second-order valence-corrected chi connectivity index (χ2v) is 28.6. The van der Waals surface area contributed by atoms with Gasteiger partial charge in [0.15, 0.2) is 16.9 Å². The molecular weight excluding hydrogens is 1200 g/mol. The van der Waals surface area contributed by atoms with Crippen molar-refractivity contribution in [2.24, 2.45) is 0 Å². The Kier molecular flexibility index (Phi) is 18.8. The number of benzene rings is 3. The first-order chi connectivity index (χ1) is 39.7. The summed E-state index contributed by atoms with van der Waals surface area (Å²) in [6.07, 6.45) is 11.2. The Bertz CT molecular complexity index is 4200. The Morgan fingerprint density at radius 3 is 2.11 bits per heavy atom. The molecule has 0 bridgehead atoms. The molecule has 5 aromatic rings. The number of aromatic nitrogens is 4. The van der Waals surface area contributed by atoms with Crippen LogP contribution in [0.25, 0.3) is 11.2 Å². The number of allylic oxidation sites excluding steroid dienone is 7. The minimum atomic E-state index is -4.63. The minimum Gasteiger partial charge on any atom is -0.480 e. The summed E-state index contributed by atoms with van der Waals surface area (Å²) in [5.74, 6) is -3.28. The zero-order valence-electron chi connectivity index (χ0n) is 46.5. The number of thioether (sulfide) groups is 1. The van der Waals surface area contributed by atoms with Crippen molar-refractivity contribution in [1.82, 2.24) is 25.3 Å². The number of amides is 1. The van der Waals surface area contributed by atoms with E-state index in [9.17, 15) is 71.4 Å². The molecule has 3 aliphatic rings. The van der Waals surface area contributed by atoms with Crippen molar-refractivity contribution in [3.05, 3.63) is 146 Å². The number of unbranched alkanes of at least 4 members (excludes halogenated alkanes) is 2. The van der Waals surface area contributed by atoms with E-state index in [0.29, 0.717) is 69.5 Å². The first-order valence-electron chi connectivity index (χ1n) is 26.6. The van der Waals surface area contributed by atoms with Crippen LogP contribution in [0, 0.1) is 0 Å². The number of aromatic amines is 1. The lowest BCUT2D eigenvalue weighted by Gasteiger charge is -2.28. The molecule has 2 aliphatic heterocycles. The third-order valence-electron chi connectivity index (χ3n) is 14.9. The lowest BCUT2D eigenvalue weighted by atomic mass is 9.81. The fourth-order valence-corrected chi connectivity index (χ4v) is 14.0. The van der Waals surface area contributed by atoms with Crippen LogP contribution in [0.5, 0.6) is 0 Å². The Labute approximate surface area is 495 Å². The second kappa shape index (κ2) is 25.0. The van der Waals surface area contributed by atoms with Crippen molar-refractivity contribution in [3.8, 4) is 0 Å². The molecule has 0 unspecified atom stereocenters. The minimum absolute atomic E-state index is 0.00113. The van der Waals surface area contributed by atoms with Gasteiger partial charge in [0.1, 0.15) is 12.6 Å². The first kappa shape index (κ1) is 63.9. The molecule has 0 fully saturated rings. The predicted molar refractivity (Wildman–Crippen MR) is 321 cm³/mol. The van der Waals surface area contributed by atoms with Crippen LogP contribution in [-0.4, -0.2) is 135 Å². The van der Waals surface area contributed by atoms with Gasteiger partial charge in [0.25, 0.3) is 51.9 Å². The van der Waals surface area contributed by atoms with E-state index in [4.69, 9.17) is 5.73 Å². The molecule has 0 spiro atoms. The van der Waals surface area contributed by atoms with Gasteiger partial charge in [0.05, 0.1) is 45.1 Å². The van der Waals surface area contributed by atoms with Crippen LogP contribution in [0.2, 0.25) is 0 Å². The van der Waals surface area contributed by atoms with E-state index in [1.54, 1.807) is 24.3 Å². The highest BCUT2D eigenvalue weighted by atomic mass is 32.2. The van der Waals surface area contributed by atoms with Crippen molar-refractivity contribution in [3.63, 3.8) is 0 Å². The van der Waals surface area contributed by atoms with Crippen molar-refractivity contribution in [2.45, 2.75) is 106 Å². The van der Waals surface area contributed by atoms with E-state index in [1.807, 2.05) is 61.5 Å². The third kappa shape index (κ3) is 15.3. The van der Waals surface area contributed by atoms with Crippen LogP contribution in [0.1, 0.15) is 99.8 Å². The summed E-state index contributed by atoms with van der Waals surface area (Å²) in [5, 5.41) is 16.4. The van der Waals surface area contributed by atoms with Gasteiger partial charge >= 0.3 is 5.97 Å². The Hall–Kier alpha value is -7.16. The number of carboxylic acid groups (broad SMARTS) is 1. The predicted octanol–water partition coefficient (Wildman–Crippen LogP) is 6.33. The van der Waals surface area contributed by atoms with Gasteiger partial charge in [-0.1, -0.05) is 26.0 Å². The topological polar surface area (TPSA) is 400 Å². The number of hydrogen-bond acceptors (Lipinski definition) is 18. The van der Waals surface area contributed by atoms with Crippen LogP contribution < -0.4 is 26.8 Å². The van der Waals surface area contributed by atoms with Gasteiger partial charge in [-0.05, 0) is 130 Å². The van der Waals surface area contributed by atoms with Gasteiger partial charge in [-0.25, -0.2) is 14.8 Å². The molecule has 85 heavy (non-hydrogen) atoms. The Morgan fingerprint density at radius 1 is 0.812 bits per heavy atom. The normalized spacial score (nSPS) is 17.5. The molecule has 0 radical (unpaired) electrons. The average Bonchev–Trinajstić information content (AvgIpc) is 1.63. The summed E-state index contributed by atoms with van der Waals surface area (Å²) >= 11 is 1.18. The number of nitrogens with one attached hydrogen (secondary N) is 3. The molecule has 1 aliphatic carbocycles. The number of rotatable bonds is 24. The number of carbonyl (C=O) groups is 2. The smallest absolute Gasteiger partial charge is 0.327 e. The van der Waals surface area contributed by atoms with Crippen LogP contribution in [0.15, 0.2) is 127 Å². The Morgan fingerprint density at radius 2 is 1.46 bits per heavy atom. The molecule has 8 rings (SSSR count). The number of nitrogens with zero attached hydrogens (tertiary/aromatic N) is 5. The number of hydrogen-bond donors (Lipinski definition) is 9. The number of carbonyl (C=O) groups excluding carboxylic acids is 1. The number of nitrogens with two attached hydrogens (primary N) is 1. The van der Waals surface area contributed by atoms with Crippen LogP contribution >= 0.6 is 11.8 Å². The highest BCUT2D eigenvalue weighted by Gasteiger charge is 2.45. The number of carboxylic acids is 1. The van der Waals surface area contributed by atoms with E-state index >= 15 is 0 Å². The van der Waals surface area contributed by atoms with Gasteiger partial charge in [-0.2, -0.15) is 43.2 Å². The van der Waals surface area contributed by atoms with E-state index in [-0.39, 0.29) is 83.5 Å². The molecule has 1 amide bonds. The number of H-pyrrole nitrogens is 1. The quantitative estimate of drug-likeness (QED) is 0.0185. The summed E-state index contributed by atoms with van der Waals surface area (Å²) in [7, 11) is -17.8. The molecule has 454 valence electrons. The first-order valence-corrected chi connectivity index (χ1v) is 33.7. The van der Waals surface area contributed by atoms with E-state index in [0.717, 1.165) is 11.1 Å². The van der Waals surface area contributed by atoms with Gasteiger partial charge in [-0.15, -0.1) is 11.8 Å². The standard InChI is InChI=1S/C55H63N9O16S5/c1-54(2)40-28-38(84(75,76)77)18-20-43(40)63(24-5-7-26-82(69,70)71)45(54)22-14-33-10-9-11-34(15-23-46-55(3,4)41-29-39(85(78,79)80)19-21-44(41)64(46)25-6-8-27-83(72,73)74)48(33)81-32-42(52(67)68)60-50(65)35-12-16-36(17-13-35)57-30-37-31-58-49-47(59-37)51(66)62-53(56)61-49/h12-23,28-29,31,42H,5-11,24-27,30,32H2,1-4H3,(H9-,56,57,58,60,61,62,65,66,67,68,69,70,71,72,73,74,75,76,77,78,79,80)/p+1/t42-/m0/s1. The molecule has 1 atom stereocenters. The fourth-order valence-electron chi connectivity index (χ4n) is 10.6. The number of nitrogen functional groups attached to an aromatic ring is 1. The maximum atomic E-state index is 13.8. The lowest BCUT2D eigenvalue weighted by Crippen LogP contribution is -2.42. The van der Waals surface area contributed by atoms with Crippen molar-refractivity contribution in [2.75, 3.05) is 46.3 Å². The van der Waals surface area contributed by atoms with Gasteiger partial charge in [0.2, 0.25) is 11.6 Å². The lowest BCUT2D eigenvalue weighted by molar-refractivity contribution is -0.438. The van der Waals surface area contributed by atoms with E-state index < -0.39 is 86.3 Å². The Balaban J connectivity index is 1.14. The number of aliphatic carboxylic acids is 1. The fraction of sp³-hybridized carbons (Fsp3) is 0.364. The van der Waals surface area contributed by atoms with Crippen LogP contribution in [0.4, 0.5) is 23.0 Å². The molecule has 2 aromatic heterocycles. The summed E-state index contributed by atoms with van der Waals surface area (Å²) < 4.78 is 137. The largest absolute Gasteiger partial charge is 0.480 e. The van der Waals surface area contributed by atoms with Gasteiger partial charge < -0.3 is 26.4 Å². The molecule has 3 aromatic carbocycles. The maximum absolute atomic E-state index is 13.8. The second-order valence-electron chi connectivity index (χ2n) is 21.6. The molecular formula is C55H64N9O16S5+. The summed E-state index contributed by atoms with van der Waals surface area (Å²) in [5.41, 5.74) is 9.53. The van der Waals surface area contributed by atoms with Crippen molar-refractivity contribution < 1.29 is 71.2 Å². The van der Waals surface area contributed by atoms with Crippen molar-refractivity contribution >= 4 is 104 Å². The zero-order chi connectivity index (χ0) is 62.0.